The van der Waals surface area contributed by atoms with Gasteiger partial charge in [-0.15, -0.1) is 0 Å². The normalized spacial score (nSPS) is 16.3. The molecular formula is C29H32N2O4S. The van der Waals surface area contributed by atoms with Crippen molar-refractivity contribution in [2.24, 2.45) is 0 Å². The van der Waals surface area contributed by atoms with E-state index in [0.717, 1.165) is 53.6 Å². The third-order valence-corrected chi connectivity index (χ3v) is 9.50. The van der Waals surface area contributed by atoms with Crippen molar-refractivity contribution in [3.8, 4) is 16.9 Å². The summed E-state index contributed by atoms with van der Waals surface area (Å²) in [5.41, 5.74) is 6.21. The summed E-state index contributed by atoms with van der Waals surface area (Å²) in [5.74, 6) is 0.321. The summed E-state index contributed by atoms with van der Waals surface area (Å²) >= 11 is 0. The summed E-state index contributed by atoms with van der Waals surface area (Å²) in [4.78, 5) is 15.5. The second-order valence-corrected chi connectivity index (χ2v) is 12.3. The highest BCUT2D eigenvalue weighted by Crippen LogP contribution is 2.51. The molecule has 1 aliphatic heterocycles. The fourth-order valence-electron chi connectivity index (χ4n) is 5.72. The van der Waals surface area contributed by atoms with Crippen LogP contribution in [-0.2, 0) is 21.8 Å². The number of carbonyl (C=O) groups excluding carboxylic acids is 1. The largest absolute Gasteiger partial charge is 0.508 e. The number of nitrogens with zero attached hydrogens (tertiary/aromatic N) is 1. The molecule has 0 unspecified atom stereocenters. The molecule has 2 amide bonds. The molecule has 3 aromatic rings. The molecule has 6 nitrogen and oxygen atoms in total. The zero-order valence-corrected chi connectivity index (χ0v) is 21.6. The van der Waals surface area contributed by atoms with Gasteiger partial charge in [0.2, 0.25) is 0 Å². The Morgan fingerprint density at radius 3 is 2.42 bits per heavy atom. The van der Waals surface area contributed by atoms with Crippen molar-refractivity contribution in [2.75, 3.05) is 17.2 Å². The highest BCUT2D eigenvalue weighted by molar-refractivity contribution is 7.91. The number of anilines is 1. The van der Waals surface area contributed by atoms with E-state index < -0.39 is 9.84 Å². The fourth-order valence-corrected chi connectivity index (χ4v) is 6.61. The molecule has 1 fully saturated rings. The van der Waals surface area contributed by atoms with Crippen LogP contribution in [0.15, 0.2) is 65.6 Å². The number of phenolic OH excluding ortho intramolecular Hbond substituents is 1. The van der Waals surface area contributed by atoms with Crippen LogP contribution in [0.25, 0.3) is 11.1 Å². The van der Waals surface area contributed by atoms with E-state index in [1.54, 1.807) is 43.3 Å². The van der Waals surface area contributed by atoms with Gasteiger partial charge in [-0.1, -0.05) is 44.0 Å². The molecule has 0 atom stereocenters. The third-order valence-electron chi connectivity index (χ3n) is 7.75. The Hall–Kier alpha value is -3.32. The first kappa shape index (κ1) is 24.4. The summed E-state index contributed by atoms with van der Waals surface area (Å²) in [5, 5.41) is 12.8. The highest BCUT2D eigenvalue weighted by atomic mass is 32.2. The maximum atomic E-state index is 13.3. The lowest BCUT2D eigenvalue weighted by Crippen LogP contribution is -2.41. The highest BCUT2D eigenvalue weighted by Gasteiger charge is 2.46. The van der Waals surface area contributed by atoms with Crippen LogP contribution in [0.3, 0.4) is 0 Å². The molecule has 7 heteroatoms. The van der Waals surface area contributed by atoms with Gasteiger partial charge < -0.3 is 10.4 Å². The average Bonchev–Trinajstić information content (AvgIpc) is 3.48. The van der Waals surface area contributed by atoms with Gasteiger partial charge in [-0.25, -0.2) is 13.2 Å². The van der Waals surface area contributed by atoms with Gasteiger partial charge in [-0.05, 0) is 84.0 Å². The Bertz CT molecular complexity index is 1410. The zero-order valence-electron chi connectivity index (χ0n) is 20.8. The van der Waals surface area contributed by atoms with Crippen molar-refractivity contribution >= 4 is 21.6 Å². The number of rotatable bonds is 5. The van der Waals surface area contributed by atoms with Crippen LogP contribution in [0.2, 0.25) is 0 Å². The lowest BCUT2D eigenvalue weighted by atomic mass is 9.79. The Morgan fingerprint density at radius 2 is 1.75 bits per heavy atom. The van der Waals surface area contributed by atoms with Crippen LogP contribution in [0, 0.1) is 6.92 Å². The van der Waals surface area contributed by atoms with Crippen molar-refractivity contribution in [3.05, 3.63) is 77.4 Å². The number of carbonyl (C=O) groups is 1. The molecule has 2 aliphatic rings. The number of hydrogen-bond donors (Lipinski definition) is 2. The number of sulfone groups is 1. The van der Waals surface area contributed by atoms with E-state index in [0.29, 0.717) is 18.0 Å². The first-order valence-electron chi connectivity index (χ1n) is 12.5. The van der Waals surface area contributed by atoms with Crippen LogP contribution < -0.4 is 10.2 Å². The summed E-state index contributed by atoms with van der Waals surface area (Å²) in [6, 6.07) is 18.4. The maximum Gasteiger partial charge on any atom is 0.322 e. The maximum absolute atomic E-state index is 13.3. The molecule has 2 N–H and O–H groups in total. The minimum absolute atomic E-state index is 0.0241. The van der Waals surface area contributed by atoms with E-state index in [4.69, 9.17) is 0 Å². The zero-order chi connectivity index (χ0) is 25.5. The van der Waals surface area contributed by atoms with Crippen LogP contribution in [0.4, 0.5) is 10.5 Å². The van der Waals surface area contributed by atoms with E-state index in [1.807, 2.05) is 24.0 Å². The lowest BCUT2D eigenvalue weighted by Gasteiger charge is -2.25. The second kappa shape index (κ2) is 9.28. The van der Waals surface area contributed by atoms with Crippen molar-refractivity contribution in [1.29, 1.82) is 0 Å². The summed E-state index contributed by atoms with van der Waals surface area (Å²) in [6.07, 6.45) is 4.44. The van der Waals surface area contributed by atoms with Gasteiger partial charge in [0.15, 0.2) is 9.84 Å². The van der Waals surface area contributed by atoms with E-state index in [1.165, 1.54) is 5.56 Å². The smallest absolute Gasteiger partial charge is 0.322 e. The van der Waals surface area contributed by atoms with E-state index in [2.05, 4.69) is 17.4 Å². The topological polar surface area (TPSA) is 86.7 Å². The first-order chi connectivity index (χ1) is 17.2. The lowest BCUT2D eigenvalue weighted by molar-refractivity contribution is 0.245. The van der Waals surface area contributed by atoms with Gasteiger partial charge >= 0.3 is 6.03 Å². The van der Waals surface area contributed by atoms with Crippen LogP contribution >= 0.6 is 0 Å². The predicted octanol–water partition coefficient (Wildman–Crippen LogP) is 5.70. The monoisotopic (exact) mass is 504 g/mol. The van der Waals surface area contributed by atoms with Gasteiger partial charge in [-0.2, -0.15) is 0 Å². The number of fused-ring (bicyclic) bond motifs is 2. The fraction of sp³-hybridized carbons (Fsp3) is 0.345. The predicted molar refractivity (Wildman–Crippen MR) is 142 cm³/mol. The molecule has 0 bridgehead atoms. The van der Waals surface area contributed by atoms with Gasteiger partial charge in [0.1, 0.15) is 5.75 Å². The van der Waals surface area contributed by atoms with Crippen molar-refractivity contribution < 1.29 is 18.3 Å². The minimum atomic E-state index is -3.24. The van der Waals surface area contributed by atoms with E-state index in [9.17, 15) is 18.3 Å². The molecular weight excluding hydrogens is 472 g/mol. The molecule has 3 aromatic carbocycles. The Morgan fingerprint density at radius 1 is 1.03 bits per heavy atom. The molecule has 0 saturated heterocycles. The number of aryl methyl sites for hydroxylation is 1. The molecule has 0 aromatic heterocycles. The van der Waals surface area contributed by atoms with Gasteiger partial charge in [0.05, 0.1) is 10.6 Å². The average molecular weight is 505 g/mol. The van der Waals surface area contributed by atoms with Crippen molar-refractivity contribution in [1.82, 2.24) is 5.32 Å². The molecule has 1 saturated carbocycles. The molecule has 1 aliphatic carbocycles. The van der Waals surface area contributed by atoms with E-state index >= 15 is 0 Å². The van der Waals surface area contributed by atoms with Crippen molar-refractivity contribution in [3.63, 3.8) is 0 Å². The number of nitrogens with one attached hydrogen (secondary N) is 1. The number of amides is 2. The molecule has 0 radical (unpaired) electrons. The van der Waals surface area contributed by atoms with Gasteiger partial charge in [-0.3, -0.25) is 4.90 Å². The standard InChI is InChI=1S/C29H32N2O4S/c1-3-36(34,35)24-10-6-21(7-11-24)18-30-28(33)31-19-29(14-4-5-15-29)26-17-22(8-13-27(26)31)25-12-9-23(32)16-20(25)2/h6-13,16-17,32H,3-5,14-15,18-19H2,1-2H3,(H,30,33). The number of phenols is 1. The first-order valence-corrected chi connectivity index (χ1v) is 14.2. The number of hydrogen-bond acceptors (Lipinski definition) is 4. The Balaban J connectivity index is 1.38. The van der Waals surface area contributed by atoms with Crippen molar-refractivity contribution in [2.45, 2.75) is 56.4 Å². The third kappa shape index (κ3) is 4.37. The SMILES string of the molecule is CCS(=O)(=O)c1ccc(CNC(=O)N2CC3(CCCC3)c3cc(-c4ccc(O)cc4C)ccc32)cc1. The molecule has 36 heavy (non-hydrogen) atoms. The summed E-state index contributed by atoms with van der Waals surface area (Å²) in [6.45, 7) is 4.62. The summed E-state index contributed by atoms with van der Waals surface area (Å²) < 4.78 is 24.1. The van der Waals surface area contributed by atoms with Crippen LogP contribution in [0.5, 0.6) is 5.75 Å². The van der Waals surface area contributed by atoms with Gasteiger partial charge in [0, 0.05) is 24.2 Å². The number of benzene rings is 3. The van der Waals surface area contributed by atoms with Crippen LogP contribution in [0.1, 0.15) is 49.3 Å². The van der Waals surface area contributed by atoms with Gasteiger partial charge in [0.25, 0.3) is 0 Å². The number of aromatic hydroxyl groups is 1. The second-order valence-electron chi connectivity index (χ2n) is 10.0. The Labute approximate surface area is 212 Å². The molecule has 188 valence electrons. The Kier molecular flexibility index (Phi) is 6.29. The molecule has 1 spiro atoms. The summed E-state index contributed by atoms with van der Waals surface area (Å²) in [7, 11) is -3.24. The molecule has 1 heterocycles. The van der Waals surface area contributed by atoms with E-state index in [-0.39, 0.29) is 22.9 Å². The minimum Gasteiger partial charge on any atom is -0.508 e. The van der Waals surface area contributed by atoms with Crippen LogP contribution in [-0.4, -0.2) is 31.9 Å². The quantitative estimate of drug-likeness (QED) is 0.466. The number of urea groups is 1. The molecule has 5 rings (SSSR count).